The van der Waals surface area contributed by atoms with E-state index in [1.807, 2.05) is 0 Å². The molecule has 6 heteroatoms. The highest BCUT2D eigenvalue weighted by molar-refractivity contribution is 5.84. The smallest absolute Gasteiger partial charge is 0.356 e. The van der Waals surface area contributed by atoms with E-state index >= 15 is 0 Å². The van der Waals surface area contributed by atoms with Crippen LogP contribution in [0.2, 0.25) is 0 Å². The zero-order valence-corrected chi connectivity index (χ0v) is 9.85. The molecule has 0 aromatic carbocycles. The van der Waals surface area contributed by atoms with Crippen LogP contribution in [0.5, 0.6) is 0 Å². The molecule has 0 atom stereocenters. The van der Waals surface area contributed by atoms with Gasteiger partial charge in [-0.2, -0.15) is 0 Å². The molecule has 0 unspecified atom stereocenters. The van der Waals surface area contributed by atoms with Crippen molar-refractivity contribution in [2.24, 2.45) is 0 Å². The fourth-order valence-corrected chi connectivity index (χ4v) is 1.29. The Morgan fingerprint density at radius 1 is 1.35 bits per heavy atom. The molecule has 0 saturated carbocycles. The lowest BCUT2D eigenvalue weighted by Crippen LogP contribution is -2.06. The highest BCUT2D eigenvalue weighted by Gasteiger charge is 2.03. The van der Waals surface area contributed by atoms with Gasteiger partial charge in [-0.25, -0.2) is 14.8 Å². The summed E-state index contributed by atoms with van der Waals surface area (Å²) in [6.45, 7) is 1.58. The van der Waals surface area contributed by atoms with Crippen molar-refractivity contribution in [1.82, 2.24) is 9.97 Å². The van der Waals surface area contributed by atoms with Crippen LogP contribution in [-0.4, -0.2) is 41.3 Å². The number of aromatic nitrogens is 2. The van der Waals surface area contributed by atoms with Crippen LogP contribution in [0.15, 0.2) is 12.4 Å². The summed E-state index contributed by atoms with van der Waals surface area (Å²) in [6.07, 6.45) is 5.82. The van der Waals surface area contributed by atoms with Crippen molar-refractivity contribution in [3.8, 4) is 0 Å². The fourth-order valence-electron chi connectivity index (χ4n) is 1.29. The maximum atomic E-state index is 10.5. The topological polar surface area (TPSA) is 84.3 Å². The van der Waals surface area contributed by atoms with Crippen molar-refractivity contribution >= 4 is 11.8 Å². The second-order valence-electron chi connectivity index (χ2n) is 3.57. The lowest BCUT2D eigenvalue weighted by molar-refractivity contribution is 0.0690. The molecule has 1 aromatic rings. The first-order valence-corrected chi connectivity index (χ1v) is 5.52. The van der Waals surface area contributed by atoms with Gasteiger partial charge in [0, 0.05) is 20.3 Å². The van der Waals surface area contributed by atoms with E-state index < -0.39 is 5.97 Å². The van der Waals surface area contributed by atoms with Gasteiger partial charge < -0.3 is 15.2 Å². The van der Waals surface area contributed by atoms with Crippen molar-refractivity contribution in [3.05, 3.63) is 18.1 Å². The van der Waals surface area contributed by atoms with Crippen LogP contribution in [0.25, 0.3) is 0 Å². The zero-order chi connectivity index (χ0) is 12.5. The van der Waals surface area contributed by atoms with E-state index in [-0.39, 0.29) is 5.69 Å². The third kappa shape index (κ3) is 5.26. The van der Waals surface area contributed by atoms with Crippen LogP contribution >= 0.6 is 0 Å². The number of nitrogens with one attached hydrogen (secondary N) is 1. The second-order valence-corrected chi connectivity index (χ2v) is 3.57. The molecular weight excluding hydrogens is 222 g/mol. The lowest BCUT2D eigenvalue weighted by Gasteiger charge is -2.04. The maximum Gasteiger partial charge on any atom is 0.356 e. The van der Waals surface area contributed by atoms with Gasteiger partial charge in [-0.1, -0.05) is 0 Å². The first-order valence-electron chi connectivity index (χ1n) is 5.52. The number of ether oxygens (including phenoxy) is 1. The molecule has 0 aliphatic rings. The van der Waals surface area contributed by atoms with Gasteiger partial charge in [-0.15, -0.1) is 0 Å². The summed E-state index contributed by atoms with van der Waals surface area (Å²) in [5.74, 6) is -0.467. The van der Waals surface area contributed by atoms with Crippen LogP contribution in [0, 0.1) is 0 Å². The quantitative estimate of drug-likeness (QED) is 0.667. The van der Waals surface area contributed by atoms with Gasteiger partial charge in [0.2, 0.25) is 0 Å². The molecule has 0 radical (unpaired) electrons. The van der Waals surface area contributed by atoms with E-state index in [0.29, 0.717) is 5.82 Å². The molecule has 1 rings (SSSR count). The Balaban J connectivity index is 2.21. The molecule has 0 bridgehead atoms. The fraction of sp³-hybridized carbons (Fsp3) is 0.545. The van der Waals surface area contributed by atoms with E-state index in [0.717, 1.165) is 32.4 Å². The van der Waals surface area contributed by atoms with Gasteiger partial charge >= 0.3 is 5.97 Å². The van der Waals surface area contributed by atoms with E-state index in [9.17, 15) is 4.79 Å². The van der Waals surface area contributed by atoms with Gasteiger partial charge in [-0.05, 0) is 19.3 Å². The third-order valence-electron chi connectivity index (χ3n) is 2.20. The average molecular weight is 239 g/mol. The van der Waals surface area contributed by atoms with Gasteiger partial charge in [0.15, 0.2) is 5.69 Å². The minimum Gasteiger partial charge on any atom is -0.476 e. The summed E-state index contributed by atoms with van der Waals surface area (Å²) in [5.41, 5.74) is -0.0457. The average Bonchev–Trinajstić information content (AvgIpc) is 2.34. The van der Waals surface area contributed by atoms with Gasteiger partial charge in [-0.3, -0.25) is 0 Å². The van der Waals surface area contributed by atoms with Crippen molar-refractivity contribution in [2.45, 2.75) is 19.3 Å². The Kier molecular flexibility index (Phi) is 5.95. The van der Waals surface area contributed by atoms with Crippen LogP contribution in [0.3, 0.4) is 0 Å². The maximum absolute atomic E-state index is 10.5. The molecule has 0 spiro atoms. The van der Waals surface area contributed by atoms with Gasteiger partial charge in [0.1, 0.15) is 5.82 Å². The Morgan fingerprint density at radius 3 is 2.76 bits per heavy atom. The van der Waals surface area contributed by atoms with Gasteiger partial charge in [0.05, 0.1) is 12.4 Å². The van der Waals surface area contributed by atoms with Crippen molar-refractivity contribution in [3.63, 3.8) is 0 Å². The van der Waals surface area contributed by atoms with E-state index in [2.05, 4.69) is 15.3 Å². The molecule has 6 nitrogen and oxygen atoms in total. The molecule has 17 heavy (non-hydrogen) atoms. The van der Waals surface area contributed by atoms with Crippen molar-refractivity contribution < 1.29 is 14.6 Å². The van der Waals surface area contributed by atoms with Gasteiger partial charge in [0.25, 0.3) is 0 Å². The minimum absolute atomic E-state index is 0.0457. The normalized spacial score (nSPS) is 10.2. The Hall–Kier alpha value is -1.69. The number of methoxy groups -OCH3 is 1. The second kappa shape index (κ2) is 7.56. The summed E-state index contributed by atoms with van der Waals surface area (Å²) in [7, 11) is 1.69. The number of anilines is 1. The number of hydrogen-bond donors (Lipinski definition) is 2. The molecule has 94 valence electrons. The molecule has 2 N–H and O–H groups in total. The molecule has 0 saturated heterocycles. The Morgan fingerprint density at radius 2 is 2.18 bits per heavy atom. The van der Waals surface area contributed by atoms with Crippen LogP contribution < -0.4 is 5.32 Å². The summed E-state index contributed by atoms with van der Waals surface area (Å²) in [6, 6.07) is 0. The minimum atomic E-state index is -1.07. The highest BCUT2D eigenvalue weighted by Crippen LogP contribution is 2.02. The number of hydrogen-bond acceptors (Lipinski definition) is 5. The molecule has 1 heterocycles. The van der Waals surface area contributed by atoms with E-state index in [1.54, 1.807) is 7.11 Å². The molecule has 0 aliphatic carbocycles. The number of aromatic carboxylic acids is 1. The van der Waals surface area contributed by atoms with Crippen LogP contribution in [0.4, 0.5) is 5.82 Å². The summed E-state index contributed by atoms with van der Waals surface area (Å²) < 4.78 is 4.94. The Bertz CT molecular complexity index is 340. The van der Waals surface area contributed by atoms with E-state index in [4.69, 9.17) is 9.84 Å². The SMILES string of the molecule is COCCCCCNc1cnc(C(=O)O)cn1. The molecule has 0 aliphatic heterocycles. The number of carboxylic acids is 1. The summed E-state index contributed by atoms with van der Waals surface area (Å²) in [4.78, 5) is 18.3. The first kappa shape index (κ1) is 13.4. The number of carbonyl (C=O) groups is 1. The predicted octanol–water partition coefficient (Wildman–Crippen LogP) is 1.40. The monoisotopic (exact) mass is 239 g/mol. The van der Waals surface area contributed by atoms with Crippen LogP contribution in [0.1, 0.15) is 29.8 Å². The molecule has 1 aromatic heterocycles. The highest BCUT2D eigenvalue weighted by atomic mass is 16.5. The summed E-state index contributed by atoms with van der Waals surface area (Å²) >= 11 is 0. The molecular formula is C11H17N3O3. The Labute approximate surface area is 100 Å². The van der Waals surface area contributed by atoms with Crippen LogP contribution in [-0.2, 0) is 4.74 Å². The first-order chi connectivity index (χ1) is 8.24. The lowest BCUT2D eigenvalue weighted by atomic mass is 10.2. The molecule has 0 amide bonds. The van der Waals surface area contributed by atoms with E-state index in [1.165, 1.54) is 12.4 Å². The molecule has 0 fully saturated rings. The van der Waals surface area contributed by atoms with Crippen molar-refractivity contribution in [1.29, 1.82) is 0 Å². The number of unbranched alkanes of at least 4 members (excludes halogenated alkanes) is 2. The number of carboxylic acid groups (broad SMARTS) is 1. The van der Waals surface area contributed by atoms with Crippen molar-refractivity contribution in [2.75, 3.05) is 25.6 Å². The summed E-state index contributed by atoms with van der Waals surface area (Å²) in [5, 5.41) is 11.7. The predicted molar refractivity (Wildman–Crippen MR) is 63.2 cm³/mol. The third-order valence-corrected chi connectivity index (χ3v) is 2.20. The zero-order valence-electron chi connectivity index (χ0n) is 9.85. The number of nitrogens with zero attached hydrogens (tertiary/aromatic N) is 2. The number of rotatable bonds is 8. The standard InChI is InChI=1S/C11H17N3O3/c1-17-6-4-2-3-5-12-10-8-13-9(7-14-10)11(15)16/h7-8H,2-6H2,1H3,(H,12,14)(H,15,16). The largest absolute Gasteiger partial charge is 0.476 e.